The second-order valence-electron chi connectivity index (χ2n) is 7.96. The Bertz CT molecular complexity index is 1450. The Morgan fingerprint density at radius 2 is 1.97 bits per heavy atom. The largest absolute Gasteiger partial charge is 0.497 e. The van der Waals surface area contributed by atoms with E-state index in [1.165, 1.54) is 34.5 Å². The van der Waals surface area contributed by atoms with Crippen LogP contribution < -0.4 is 26.0 Å². The van der Waals surface area contributed by atoms with Gasteiger partial charge in [0.25, 0.3) is 5.56 Å². The van der Waals surface area contributed by atoms with Gasteiger partial charge in [0, 0.05) is 12.6 Å². The number of carbonyl (C=O) groups is 1. The standard InChI is InChI=1S/C22H25N5O5S/c1-13(2)7-9-25-20(29)19-16(8-10-33-19)27-21(25)24-26(22(27)30)12-18(28)23-15-11-14(31-3)5-6-17(15)32-4/h5-6,8,10-11,13H,7,9,12H2,1-4H3,(H,23,28). The molecule has 1 aromatic carbocycles. The van der Waals surface area contributed by atoms with Gasteiger partial charge in [-0.05, 0) is 35.9 Å². The number of rotatable bonds is 8. The summed E-state index contributed by atoms with van der Waals surface area (Å²) in [4.78, 5) is 39.0. The van der Waals surface area contributed by atoms with Gasteiger partial charge in [-0.3, -0.25) is 14.2 Å². The van der Waals surface area contributed by atoms with Gasteiger partial charge in [-0.25, -0.2) is 13.9 Å². The summed E-state index contributed by atoms with van der Waals surface area (Å²) in [6, 6.07) is 6.73. The van der Waals surface area contributed by atoms with Crippen LogP contribution in [0.2, 0.25) is 0 Å². The molecule has 0 unspecified atom stereocenters. The molecule has 0 saturated heterocycles. The summed E-state index contributed by atoms with van der Waals surface area (Å²) in [6.45, 7) is 4.23. The van der Waals surface area contributed by atoms with Gasteiger partial charge in [0.1, 0.15) is 22.7 Å². The highest BCUT2D eigenvalue weighted by Gasteiger charge is 2.20. The third-order valence-electron chi connectivity index (χ3n) is 5.29. The van der Waals surface area contributed by atoms with Gasteiger partial charge in [0.2, 0.25) is 11.7 Å². The van der Waals surface area contributed by atoms with Crippen LogP contribution in [0.4, 0.5) is 5.69 Å². The first-order valence-electron chi connectivity index (χ1n) is 10.5. The number of hydrogen-bond donors (Lipinski definition) is 1. The maximum atomic E-state index is 13.2. The second-order valence-corrected chi connectivity index (χ2v) is 8.88. The Kier molecular flexibility index (Phi) is 6.23. The van der Waals surface area contributed by atoms with E-state index < -0.39 is 11.6 Å². The fraction of sp³-hybridized carbons (Fsp3) is 0.364. The van der Waals surface area contributed by atoms with Crippen LogP contribution in [0.1, 0.15) is 20.3 Å². The topological polar surface area (TPSA) is 109 Å². The summed E-state index contributed by atoms with van der Waals surface area (Å²) in [5.74, 6) is 1.13. The summed E-state index contributed by atoms with van der Waals surface area (Å²) in [7, 11) is 3.01. The molecule has 0 atom stereocenters. The zero-order valence-electron chi connectivity index (χ0n) is 18.8. The maximum absolute atomic E-state index is 13.2. The number of anilines is 1. The van der Waals surface area contributed by atoms with Crippen molar-refractivity contribution < 1.29 is 14.3 Å². The van der Waals surface area contributed by atoms with Gasteiger partial charge in [0.05, 0.1) is 25.4 Å². The van der Waals surface area contributed by atoms with Crippen LogP contribution in [0.5, 0.6) is 11.5 Å². The van der Waals surface area contributed by atoms with Crippen LogP contribution in [-0.2, 0) is 17.9 Å². The van der Waals surface area contributed by atoms with E-state index in [1.54, 1.807) is 29.6 Å². The van der Waals surface area contributed by atoms with E-state index in [0.29, 0.717) is 39.9 Å². The lowest BCUT2D eigenvalue weighted by atomic mass is 10.1. The summed E-state index contributed by atoms with van der Waals surface area (Å²) in [6.07, 6.45) is 0.754. The number of amides is 1. The molecule has 0 aliphatic carbocycles. The third-order valence-corrected chi connectivity index (χ3v) is 6.18. The van der Waals surface area contributed by atoms with Crippen molar-refractivity contribution in [1.82, 2.24) is 18.7 Å². The highest BCUT2D eigenvalue weighted by molar-refractivity contribution is 7.17. The lowest BCUT2D eigenvalue weighted by Crippen LogP contribution is -2.29. The lowest BCUT2D eigenvalue weighted by molar-refractivity contribution is -0.117. The molecule has 1 amide bonds. The highest BCUT2D eigenvalue weighted by Crippen LogP contribution is 2.28. The molecule has 33 heavy (non-hydrogen) atoms. The van der Waals surface area contributed by atoms with Crippen molar-refractivity contribution in [2.45, 2.75) is 33.4 Å². The van der Waals surface area contributed by atoms with Crippen LogP contribution in [0.3, 0.4) is 0 Å². The number of nitrogens with zero attached hydrogens (tertiary/aromatic N) is 4. The summed E-state index contributed by atoms with van der Waals surface area (Å²) in [5.41, 5.74) is 0.231. The van der Waals surface area contributed by atoms with Crippen LogP contribution in [0.25, 0.3) is 16.0 Å². The number of methoxy groups -OCH3 is 2. The van der Waals surface area contributed by atoms with E-state index in [0.717, 1.165) is 11.1 Å². The Hall–Kier alpha value is -3.60. The van der Waals surface area contributed by atoms with Gasteiger partial charge in [-0.2, -0.15) is 0 Å². The Morgan fingerprint density at radius 1 is 1.18 bits per heavy atom. The number of thiophene rings is 1. The number of benzene rings is 1. The van der Waals surface area contributed by atoms with Crippen molar-refractivity contribution >= 4 is 38.9 Å². The van der Waals surface area contributed by atoms with Gasteiger partial charge in [-0.1, -0.05) is 13.8 Å². The van der Waals surface area contributed by atoms with Gasteiger partial charge < -0.3 is 14.8 Å². The zero-order chi connectivity index (χ0) is 23.7. The zero-order valence-corrected chi connectivity index (χ0v) is 19.6. The Morgan fingerprint density at radius 3 is 2.67 bits per heavy atom. The number of fused-ring (bicyclic) bond motifs is 3. The predicted molar refractivity (Wildman–Crippen MR) is 127 cm³/mol. The molecule has 3 aromatic heterocycles. The average Bonchev–Trinajstić information content (AvgIpc) is 3.38. The van der Waals surface area contributed by atoms with Crippen molar-refractivity contribution in [3.63, 3.8) is 0 Å². The minimum absolute atomic E-state index is 0.184. The molecule has 1 N–H and O–H groups in total. The molecule has 0 fully saturated rings. The number of aromatic nitrogens is 4. The molecule has 11 heteroatoms. The minimum Gasteiger partial charge on any atom is -0.497 e. The van der Waals surface area contributed by atoms with Gasteiger partial charge in [-0.15, -0.1) is 16.4 Å². The molecule has 4 aromatic rings. The highest BCUT2D eigenvalue weighted by atomic mass is 32.1. The molecule has 10 nitrogen and oxygen atoms in total. The fourth-order valence-electron chi connectivity index (χ4n) is 3.56. The number of ether oxygens (including phenoxy) is 2. The van der Waals surface area contributed by atoms with Crippen LogP contribution in [0.15, 0.2) is 39.2 Å². The quantitative estimate of drug-likeness (QED) is 0.423. The number of carbonyl (C=O) groups excluding carboxylic acids is 1. The molecule has 174 valence electrons. The van der Waals surface area contributed by atoms with Crippen LogP contribution >= 0.6 is 11.3 Å². The molecule has 0 radical (unpaired) electrons. The first-order chi connectivity index (χ1) is 15.8. The second kappa shape index (κ2) is 9.10. The molecule has 0 saturated carbocycles. The minimum atomic E-state index is -0.487. The average molecular weight is 472 g/mol. The lowest BCUT2D eigenvalue weighted by Gasteiger charge is -2.11. The summed E-state index contributed by atoms with van der Waals surface area (Å²) >= 11 is 1.28. The summed E-state index contributed by atoms with van der Waals surface area (Å²) < 4.78 is 15.0. The molecular formula is C22H25N5O5S. The van der Waals surface area contributed by atoms with E-state index in [1.807, 2.05) is 0 Å². The number of hydrogen-bond acceptors (Lipinski definition) is 7. The predicted octanol–water partition coefficient (Wildman–Crippen LogP) is 2.57. The van der Waals surface area contributed by atoms with E-state index in [9.17, 15) is 14.4 Å². The van der Waals surface area contributed by atoms with E-state index in [-0.39, 0.29) is 17.9 Å². The van der Waals surface area contributed by atoms with E-state index >= 15 is 0 Å². The van der Waals surface area contributed by atoms with Crippen molar-refractivity contribution in [2.75, 3.05) is 19.5 Å². The van der Waals surface area contributed by atoms with Crippen molar-refractivity contribution in [3.8, 4) is 11.5 Å². The molecule has 4 rings (SSSR count). The number of nitrogens with one attached hydrogen (secondary N) is 1. The van der Waals surface area contributed by atoms with Gasteiger partial charge >= 0.3 is 5.69 Å². The molecule has 0 aliphatic rings. The first kappa shape index (κ1) is 22.6. The SMILES string of the molecule is COc1ccc(OC)c(NC(=O)Cn2nc3n(CCC(C)C)c(=O)c4sccc4n3c2=O)c1. The number of aryl methyl sites for hydroxylation is 1. The molecule has 0 aliphatic heterocycles. The first-order valence-corrected chi connectivity index (χ1v) is 11.3. The Labute approximate surface area is 193 Å². The normalized spacial score (nSPS) is 11.4. The smallest absolute Gasteiger partial charge is 0.352 e. The molecule has 0 bridgehead atoms. The van der Waals surface area contributed by atoms with Crippen molar-refractivity contribution in [1.29, 1.82) is 0 Å². The monoisotopic (exact) mass is 471 g/mol. The van der Waals surface area contributed by atoms with E-state index in [2.05, 4.69) is 24.3 Å². The Balaban J connectivity index is 1.73. The van der Waals surface area contributed by atoms with Crippen LogP contribution in [-0.4, -0.2) is 38.9 Å². The van der Waals surface area contributed by atoms with Gasteiger partial charge in [0.15, 0.2) is 0 Å². The summed E-state index contributed by atoms with van der Waals surface area (Å²) in [5, 5.41) is 8.86. The van der Waals surface area contributed by atoms with E-state index in [4.69, 9.17) is 9.47 Å². The van der Waals surface area contributed by atoms with Crippen LogP contribution in [0, 0.1) is 5.92 Å². The molecule has 0 spiro atoms. The van der Waals surface area contributed by atoms with Crippen molar-refractivity contribution in [2.24, 2.45) is 5.92 Å². The molecular weight excluding hydrogens is 446 g/mol. The van der Waals surface area contributed by atoms with Crippen molar-refractivity contribution in [3.05, 3.63) is 50.5 Å². The maximum Gasteiger partial charge on any atom is 0.352 e. The third kappa shape index (κ3) is 4.23. The fourth-order valence-corrected chi connectivity index (χ4v) is 4.39. The molecule has 3 heterocycles.